The zero-order valence-corrected chi connectivity index (χ0v) is 32.0. The maximum Gasteiger partial charge on any atom is 0.113 e. The molecule has 0 atom stereocenters. The van der Waals surface area contributed by atoms with Crippen molar-refractivity contribution in [3.63, 3.8) is 0 Å². The van der Waals surface area contributed by atoms with E-state index in [0.29, 0.717) is 6.54 Å². The molecule has 0 spiro atoms. The van der Waals surface area contributed by atoms with Gasteiger partial charge in [-0.3, -0.25) is 4.99 Å². The third kappa shape index (κ3) is 7.37. The highest BCUT2D eigenvalue weighted by atomic mass is 15.2. The predicted molar refractivity (Wildman–Crippen MR) is 247 cm³/mol. The second-order valence-corrected chi connectivity index (χ2v) is 13.7. The van der Waals surface area contributed by atoms with E-state index in [-0.39, 0.29) is 0 Å². The van der Waals surface area contributed by atoms with E-state index in [2.05, 4.69) is 223 Å². The van der Waals surface area contributed by atoms with Crippen molar-refractivity contribution in [2.45, 2.75) is 6.42 Å². The van der Waals surface area contributed by atoms with Crippen molar-refractivity contribution in [3.8, 4) is 11.1 Å². The Balaban J connectivity index is 1.44. The lowest BCUT2D eigenvalue weighted by Gasteiger charge is -2.37. The quantitative estimate of drug-likeness (QED) is 0.0922. The van der Waals surface area contributed by atoms with E-state index in [9.17, 15) is 0 Å². The highest BCUT2D eigenvalue weighted by molar-refractivity contribution is 6.18. The first kappa shape index (κ1) is 36.5. The van der Waals surface area contributed by atoms with E-state index in [1.807, 2.05) is 12.2 Å². The van der Waals surface area contributed by atoms with Crippen LogP contribution in [0.4, 0.5) is 39.8 Å². The third-order valence-electron chi connectivity index (χ3n) is 10.3. The van der Waals surface area contributed by atoms with Crippen LogP contribution in [0.15, 0.2) is 230 Å². The Morgan fingerprint density at radius 1 is 0.596 bits per heavy atom. The van der Waals surface area contributed by atoms with Gasteiger partial charge in [0, 0.05) is 52.7 Å². The zero-order chi connectivity index (χ0) is 39.0. The molecule has 0 aromatic heterocycles. The second-order valence-electron chi connectivity index (χ2n) is 13.7. The summed E-state index contributed by atoms with van der Waals surface area (Å²) in [7, 11) is 0. The van der Waals surface area contributed by atoms with Crippen molar-refractivity contribution >= 4 is 62.9 Å². The highest BCUT2D eigenvalue weighted by Gasteiger charge is 2.31. The molecule has 0 N–H and O–H groups in total. The summed E-state index contributed by atoms with van der Waals surface area (Å²) in [4.78, 5) is 12.0. The Labute approximate surface area is 336 Å². The smallest absolute Gasteiger partial charge is 0.113 e. The van der Waals surface area contributed by atoms with Crippen LogP contribution < -0.4 is 14.7 Å². The van der Waals surface area contributed by atoms with Gasteiger partial charge >= 0.3 is 0 Å². The molecule has 0 unspecified atom stereocenters. The van der Waals surface area contributed by atoms with Gasteiger partial charge in [0.1, 0.15) is 5.69 Å². The highest BCUT2D eigenvalue weighted by Crippen LogP contribution is 2.56. The molecule has 4 nitrogen and oxygen atoms in total. The summed E-state index contributed by atoms with van der Waals surface area (Å²) >= 11 is 0. The molecule has 0 bridgehead atoms. The summed E-state index contributed by atoms with van der Waals surface area (Å²) in [6, 6.07) is 47.3. The molecule has 0 amide bonds. The molecule has 1 aliphatic carbocycles. The van der Waals surface area contributed by atoms with E-state index < -0.39 is 0 Å². The maximum atomic E-state index is 5.01. The summed E-state index contributed by atoms with van der Waals surface area (Å²) < 4.78 is 0. The summed E-state index contributed by atoms with van der Waals surface area (Å²) in [5.41, 5.74) is 12.3. The van der Waals surface area contributed by atoms with Crippen LogP contribution in [0.3, 0.4) is 0 Å². The number of rotatable bonds is 12. The summed E-state index contributed by atoms with van der Waals surface area (Å²) in [6.07, 6.45) is 25.6. The molecule has 1 heterocycles. The molecule has 6 aromatic carbocycles. The largest absolute Gasteiger partial charge is 0.341 e. The lowest BCUT2D eigenvalue weighted by atomic mass is 9.97. The van der Waals surface area contributed by atoms with Crippen LogP contribution in [-0.2, 0) is 0 Å². The van der Waals surface area contributed by atoms with Gasteiger partial charge in [0.2, 0.25) is 0 Å². The number of hydrogen-bond donors (Lipinski definition) is 0. The molecular weight excluding hydrogens is 693 g/mol. The van der Waals surface area contributed by atoms with Crippen LogP contribution in [0, 0.1) is 0 Å². The van der Waals surface area contributed by atoms with Crippen LogP contribution in [0.1, 0.15) is 12.0 Å². The molecule has 8 rings (SSSR count). The average molecular weight is 737 g/mol. The Hall–Kier alpha value is -7.43. The Morgan fingerprint density at radius 3 is 1.88 bits per heavy atom. The topological polar surface area (TPSA) is 22.1 Å². The summed E-state index contributed by atoms with van der Waals surface area (Å²) in [5, 5.41) is 2.14. The molecule has 2 aliphatic rings. The fourth-order valence-electron chi connectivity index (χ4n) is 7.68. The van der Waals surface area contributed by atoms with E-state index in [0.717, 1.165) is 79.4 Å². The average Bonchev–Trinajstić information content (AvgIpc) is 3.57. The fraction of sp³-hybridized carbons (Fsp3) is 0.0377. The van der Waals surface area contributed by atoms with Crippen molar-refractivity contribution in [1.82, 2.24) is 0 Å². The maximum absolute atomic E-state index is 5.01. The Morgan fingerprint density at radius 2 is 1.21 bits per heavy atom. The van der Waals surface area contributed by atoms with E-state index in [4.69, 9.17) is 4.99 Å². The molecule has 57 heavy (non-hydrogen) atoms. The first-order valence-corrected chi connectivity index (χ1v) is 19.2. The number of anilines is 6. The van der Waals surface area contributed by atoms with Crippen LogP contribution in [0.5, 0.6) is 0 Å². The number of fused-ring (bicyclic) bond motifs is 1. The lowest BCUT2D eigenvalue weighted by Crippen LogP contribution is -2.24. The van der Waals surface area contributed by atoms with Gasteiger partial charge in [-0.1, -0.05) is 165 Å². The molecule has 4 heteroatoms. The summed E-state index contributed by atoms with van der Waals surface area (Å²) in [6.45, 7) is 12.9. The SMILES string of the molecule is C=C/C=C(\C=C)c1ccc(N(C2=CC=CC=CC2)c2c(N=C)c(N3C=CC=CC3)c(N(c3ccccc3)c3ccc(-c4ccccc4)cc3)c3ccccc23)cc1. The minimum absolute atomic E-state index is 0.669. The molecular formula is C53H44N4. The third-order valence-corrected chi connectivity index (χ3v) is 10.3. The Bertz CT molecular complexity index is 2600. The van der Waals surface area contributed by atoms with Crippen molar-refractivity contribution in [1.29, 1.82) is 0 Å². The minimum atomic E-state index is 0.669. The van der Waals surface area contributed by atoms with E-state index >= 15 is 0 Å². The number of para-hydroxylation sites is 1. The number of aliphatic imine (C=N–C) groups is 1. The first-order chi connectivity index (χ1) is 28.2. The number of hydrogen-bond acceptors (Lipinski definition) is 4. The molecule has 0 radical (unpaired) electrons. The summed E-state index contributed by atoms with van der Waals surface area (Å²) in [5.74, 6) is 0. The van der Waals surface area contributed by atoms with Crippen LogP contribution in [0.2, 0.25) is 0 Å². The van der Waals surface area contributed by atoms with Gasteiger partial charge < -0.3 is 14.7 Å². The van der Waals surface area contributed by atoms with Gasteiger partial charge in [0.05, 0.1) is 17.1 Å². The number of allylic oxidation sites excluding steroid dienone is 11. The van der Waals surface area contributed by atoms with Crippen molar-refractivity contribution in [2.75, 3.05) is 21.2 Å². The molecule has 0 saturated heterocycles. The van der Waals surface area contributed by atoms with Gasteiger partial charge in [0.25, 0.3) is 0 Å². The zero-order valence-electron chi connectivity index (χ0n) is 32.0. The number of benzene rings is 6. The van der Waals surface area contributed by atoms with Crippen molar-refractivity contribution in [3.05, 3.63) is 231 Å². The van der Waals surface area contributed by atoms with Crippen LogP contribution in [0.25, 0.3) is 27.5 Å². The second kappa shape index (κ2) is 16.9. The van der Waals surface area contributed by atoms with Gasteiger partial charge in [-0.05, 0) is 77.5 Å². The first-order valence-electron chi connectivity index (χ1n) is 19.2. The van der Waals surface area contributed by atoms with Crippen LogP contribution in [-0.4, -0.2) is 13.3 Å². The monoisotopic (exact) mass is 736 g/mol. The minimum Gasteiger partial charge on any atom is -0.341 e. The Kier molecular flexibility index (Phi) is 10.9. The standard InChI is InChI=1S/C53H44N4/c1-4-21-40(5-2)42-30-34-46(35-31-42)56(44-24-13-6-7-14-25-44)51-48-28-17-18-29-49(48)52(53(50(51)54-3)55-38-19-10-20-39-55)57(45-26-15-9-16-27-45)47-36-32-43(33-37-47)41-22-11-8-12-23-41/h4-24,26-38H,1-3,25,39H2/b40-21+. The molecule has 276 valence electrons. The molecule has 0 saturated carbocycles. The van der Waals surface area contributed by atoms with Gasteiger partial charge in [0.15, 0.2) is 0 Å². The molecule has 6 aromatic rings. The van der Waals surface area contributed by atoms with E-state index in [1.54, 1.807) is 6.08 Å². The predicted octanol–water partition coefficient (Wildman–Crippen LogP) is 14.5. The van der Waals surface area contributed by atoms with Gasteiger partial charge in [-0.25, -0.2) is 0 Å². The number of nitrogens with zero attached hydrogens (tertiary/aromatic N) is 4. The van der Waals surface area contributed by atoms with E-state index in [1.165, 1.54) is 5.56 Å². The molecule has 0 fully saturated rings. The molecule has 1 aliphatic heterocycles. The van der Waals surface area contributed by atoms with Gasteiger partial charge in [-0.15, -0.1) is 0 Å². The fourth-order valence-corrected chi connectivity index (χ4v) is 7.68. The van der Waals surface area contributed by atoms with Gasteiger partial charge in [-0.2, -0.15) is 0 Å². The lowest BCUT2D eigenvalue weighted by molar-refractivity contribution is 1.05. The normalized spacial score (nSPS) is 13.6. The van der Waals surface area contributed by atoms with Crippen molar-refractivity contribution in [2.24, 2.45) is 4.99 Å². The van der Waals surface area contributed by atoms with Crippen molar-refractivity contribution < 1.29 is 0 Å². The van der Waals surface area contributed by atoms with Crippen LogP contribution >= 0.6 is 0 Å².